The van der Waals surface area contributed by atoms with Gasteiger partial charge in [0.15, 0.2) is 0 Å². The largest absolute Gasteiger partial charge is 0.478 e. The van der Waals surface area contributed by atoms with E-state index in [1.165, 1.54) is 6.26 Å². The summed E-state index contributed by atoms with van der Waals surface area (Å²) in [6.07, 6.45) is 2.39. The van der Waals surface area contributed by atoms with Gasteiger partial charge in [0.05, 0.1) is 19.0 Å². The second-order valence-electron chi connectivity index (χ2n) is 3.31. The average molecular weight is 235 g/mol. The van der Waals surface area contributed by atoms with Crippen LogP contribution in [0.4, 0.5) is 5.82 Å². The molecule has 7 heteroatoms. The summed E-state index contributed by atoms with van der Waals surface area (Å²) in [6.45, 7) is 0.0474. The molecule has 2 rings (SSSR count). The zero-order valence-corrected chi connectivity index (χ0v) is 8.66. The third kappa shape index (κ3) is 2.03. The molecule has 2 aromatic rings. The summed E-state index contributed by atoms with van der Waals surface area (Å²) >= 11 is 0. The molecule has 2 heterocycles. The number of rotatable bonds is 3. The number of furan rings is 1. The second-order valence-corrected chi connectivity index (χ2v) is 3.31. The lowest BCUT2D eigenvalue weighted by atomic mass is 10.3. The van der Waals surface area contributed by atoms with Crippen molar-refractivity contribution in [2.75, 3.05) is 5.73 Å². The number of nitrogen functional groups attached to an aromatic ring is 1. The third-order valence-corrected chi connectivity index (χ3v) is 2.23. The van der Waals surface area contributed by atoms with Gasteiger partial charge in [-0.1, -0.05) is 0 Å². The molecular formula is C10H9N3O4. The molecule has 0 saturated heterocycles. The number of aromatic carboxylic acids is 1. The molecule has 0 saturated carbocycles. The van der Waals surface area contributed by atoms with Crippen molar-refractivity contribution in [3.63, 3.8) is 0 Å². The first-order valence-electron chi connectivity index (χ1n) is 4.70. The van der Waals surface area contributed by atoms with Gasteiger partial charge in [0.1, 0.15) is 17.1 Å². The lowest BCUT2D eigenvalue weighted by Crippen LogP contribution is -2.28. The predicted octanol–water partition coefficient (Wildman–Crippen LogP) is 0.165. The Hall–Kier alpha value is -2.57. The maximum absolute atomic E-state index is 11.5. The van der Waals surface area contributed by atoms with E-state index < -0.39 is 11.7 Å². The molecular weight excluding hydrogens is 226 g/mol. The Morgan fingerprint density at radius 3 is 2.94 bits per heavy atom. The Morgan fingerprint density at radius 1 is 1.59 bits per heavy atom. The van der Waals surface area contributed by atoms with Crippen LogP contribution in [0, 0.1) is 0 Å². The summed E-state index contributed by atoms with van der Waals surface area (Å²) < 4.78 is 6.10. The van der Waals surface area contributed by atoms with Crippen molar-refractivity contribution in [3.8, 4) is 0 Å². The van der Waals surface area contributed by atoms with Crippen molar-refractivity contribution in [2.45, 2.75) is 6.54 Å². The van der Waals surface area contributed by atoms with E-state index in [4.69, 9.17) is 15.3 Å². The molecule has 0 aliphatic heterocycles. The fourth-order valence-corrected chi connectivity index (χ4v) is 1.38. The number of anilines is 1. The SMILES string of the molecule is Nc1c(C(=O)O)cnc(=O)n1Cc1ccco1. The molecule has 2 aromatic heterocycles. The number of hydrogen-bond acceptors (Lipinski definition) is 5. The third-order valence-electron chi connectivity index (χ3n) is 2.23. The molecule has 88 valence electrons. The molecule has 17 heavy (non-hydrogen) atoms. The van der Waals surface area contributed by atoms with Gasteiger partial charge in [-0.05, 0) is 12.1 Å². The summed E-state index contributed by atoms with van der Waals surface area (Å²) in [5.74, 6) is -0.889. The highest BCUT2D eigenvalue weighted by molar-refractivity contribution is 5.92. The highest BCUT2D eigenvalue weighted by Crippen LogP contribution is 2.10. The summed E-state index contributed by atoms with van der Waals surface area (Å²) in [5, 5.41) is 8.85. The van der Waals surface area contributed by atoms with Crippen LogP contribution in [0.3, 0.4) is 0 Å². The van der Waals surface area contributed by atoms with Crippen LogP contribution in [-0.2, 0) is 6.54 Å². The Kier molecular flexibility index (Phi) is 2.65. The fourth-order valence-electron chi connectivity index (χ4n) is 1.38. The number of carbonyl (C=O) groups is 1. The van der Waals surface area contributed by atoms with Gasteiger partial charge in [0.2, 0.25) is 0 Å². The van der Waals surface area contributed by atoms with Crippen LogP contribution in [0.2, 0.25) is 0 Å². The van der Waals surface area contributed by atoms with Gasteiger partial charge >= 0.3 is 11.7 Å². The normalized spacial score (nSPS) is 10.4. The molecule has 0 bridgehead atoms. The predicted molar refractivity (Wildman–Crippen MR) is 57.7 cm³/mol. The minimum atomic E-state index is -1.23. The van der Waals surface area contributed by atoms with Crippen LogP contribution in [0.15, 0.2) is 33.8 Å². The van der Waals surface area contributed by atoms with Gasteiger partial charge in [-0.25, -0.2) is 14.6 Å². The molecule has 0 amide bonds. The van der Waals surface area contributed by atoms with Crippen molar-refractivity contribution >= 4 is 11.8 Å². The number of aromatic nitrogens is 2. The number of carboxylic acid groups (broad SMARTS) is 1. The van der Waals surface area contributed by atoms with Crippen LogP contribution in [0.5, 0.6) is 0 Å². The van der Waals surface area contributed by atoms with E-state index >= 15 is 0 Å². The van der Waals surface area contributed by atoms with Crippen molar-refractivity contribution in [1.29, 1.82) is 0 Å². The first-order valence-corrected chi connectivity index (χ1v) is 4.70. The highest BCUT2D eigenvalue weighted by atomic mass is 16.4. The maximum Gasteiger partial charge on any atom is 0.349 e. The van der Waals surface area contributed by atoms with Crippen molar-refractivity contribution in [1.82, 2.24) is 9.55 Å². The standard InChI is InChI=1S/C10H9N3O4/c11-8-7(9(14)15)4-12-10(16)13(8)5-6-2-1-3-17-6/h1-4H,5,11H2,(H,14,15). The van der Waals surface area contributed by atoms with Crippen LogP contribution < -0.4 is 11.4 Å². The van der Waals surface area contributed by atoms with Gasteiger partial charge in [-0.15, -0.1) is 0 Å². The quantitative estimate of drug-likeness (QED) is 0.784. The van der Waals surface area contributed by atoms with E-state index in [9.17, 15) is 9.59 Å². The number of carboxylic acids is 1. The molecule has 0 radical (unpaired) electrons. The highest BCUT2D eigenvalue weighted by Gasteiger charge is 2.14. The molecule has 0 aromatic carbocycles. The van der Waals surface area contributed by atoms with Crippen LogP contribution in [-0.4, -0.2) is 20.6 Å². The van der Waals surface area contributed by atoms with Gasteiger partial charge in [0, 0.05) is 0 Å². The Bertz CT molecular complexity index is 601. The monoisotopic (exact) mass is 235 g/mol. The van der Waals surface area contributed by atoms with Crippen LogP contribution in [0.1, 0.15) is 16.1 Å². The Balaban J connectivity index is 2.49. The molecule has 0 spiro atoms. The number of nitrogens with two attached hydrogens (primary N) is 1. The summed E-state index contributed by atoms with van der Waals surface area (Å²) in [6, 6.07) is 3.31. The first kappa shape index (κ1) is 10.9. The smallest absolute Gasteiger partial charge is 0.349 e. The van der Waals surface area contributed by atoms with Crippen molar-refractivity contribution in [3.05, 3.63) is 46.4 Å². The van der Waals surface area contributed by atoms with E-state index in [1.54, 1.807) is 12.1 Å². The number of nitrogens with zero attached hydrogens (tertiary/aromatic N) is 2. The lowest BCUT2D eigenvalue weighted by molar-refractivity contribution is 0.0696. The number of hydrogen-bond donors (Lipinski definition) is 2. The molecule has 0 atom stereocenters. The van der Waals surface area contributed by atoms with E-state index in [0.29, 0.717) is 5.76 Å². The van der Waals surface area contributed by atoms with Gasteiger partial charge in [0.25, 0.3) is 0 Å². The molecule has 0 aliphatic rings. The zero-order chi connectivity index (χ0) is 12.4. The first-order chi connectivity index (χ1) is 8.09. The van der Waals surface area contributed by atoms with Gasteiger partial charge < -0.3 is 15.3 Å². The maximum atomic E-state index is 11.5. The molecule has 3 N–H and O–H groups in total. The Labute approximate surface area is 95.1 Å². The average Bonchev–Trinajstić information content (AvgIpc) is 2.76. The minimum Gasteiger partial charge on any atom is -0.478 e. The van der Waals surface area contributed by atoms with Crippen molar-refractivity contribution in [2.24, 2.45) is 0 Å². The van der Waals surface area contributed by atoms with E-state index in [1.807, 2.05) is 0 Å². The summed E-state index contributed by atoms with van der Waals surface area (Å²) in [7, 11) is 0. The van der Waals surface area contributed by atoms with Gasteiger partial charge in [-0.3, -0.25) is 4.57 Å². The lowest BCUT2D eigenvalue weighted by Gasteiger charge is -2.08. The Morgan fingerprint density at radius 2 is 2.35 bits per heavy atom. The molecule has 0 unspecified atom stereocenters. The topological polar surface area (TPSA) is 111 Å². The summed E-state index contributed by atoms with van der Waals surface area (Å²) in [4.78, 5) is 25.8. The van der Waals surface area contributed by atoms with E-state index in [-0.39, 0.29) is 17.9 Å². The van der Waals surface area contributed by atoms with E-state index in [2.05, 4.69) is 4.98 Å². The summed E-state index contributed by atoms with van der Waals surface area (Å²) in [5.41, 5.74) is 4.77. The van der Waals surface area contributed by atoms with Crippen molar-refractivity contribution < 1.29 is 14.3 Å². The minimum absolute atomic E-state index is 0.0474. The van der Waals surface area contributed by atoms with Crippen LogP contribution in [0.25, 0.3) is 0 Å². The van der Waals surface area contributed by atoms with Gasteiger partial charge in [-0.2, -0.15) is 0 Å². The van der Waals surface area contributed by atoms with E-state index in [0.717, 1.165) is 10.8 Å². The second kappa shape index (κ2) is 4.12. The molecule has 0 aliphatic carbocycles. The van der Waals surface area contributed by atoms with Crippen LogP contribution >= 0.6 is 0 Å². The molecule has 7 nitrogen and oxygen atoms in total. The fraction of sp³-hybridized carbons (Fsp3) is 0.100. The molecule has 0 fully saturated rings. The zero-order valence-electron chi connectivity index (χ0n) is 8.66.